The number of rotatable bonds is 2. The average molecular weight is 292 g/mol. The lowest BCUT2D eigenvalue weighted by Gasteiger charge is -2.32. The smallest absolute Gasteiger partial charge is 0.255 e. The first-order valence-corrected chi connectivity index (χ1v) is 7.33. The lowest BCUT2D eigenvalue weighted by molar-refractivity contribution is 0.0712. The second kappa shape index (κ2) is 6.35. The fraction of sp³-hybridized carbons (Fsp3) is 0.294. The van der Waals surface area contributed by atoms with Crippen LogP contribution in [0.4, 0.5) is 0 Å². The van der Waals surface area contributed by atoms with E-state index in [1.807, 2.05) is 35.5 Å². The van der Waals surface area contributed by atoms with E-state index in [1.165, 1.54) is 11.8 Å². The number of amides is 1. The molecule has 0 saturated carbocycles. The van der Waals surface area contributed by atoms with Gasteiger partial charge in [0.2, 0.25) is 0 Å². The first-order chi connectivity index (χ1) is 10.8. The van der Waals surface area contributed by atoms with Crippen LogP contribution in [0, 0.1) is 11.3 Å². The van der Waals surface area contributed by atoms with E-state index in [0.29, 0.717) is 17.2 Å². The highest BCUT2D eigenvalue weighted by Gasteiger charge is 2.24. The molecule has 2 aromatic heterocycles. The fourth-order valence-electron chi connectivity index (χ4n) is 2.82. The third kappa shape index (κ3) is 2.96. The number of nitriles is 1. The van der Waals surface area contributed by atoms with Crippen molar-refractivity contribution in [1.82, 2.24) is 14.9 Å². The molecule has 1 amide bonds. The first-order valence-electron chi connectivity index (χ1n) is 7.33. The van der Waals surface area contributed by atoms with Gasteiger partial charge in [0, 0.05) is 31.7 Å². The normalized spacial score (nSPS) is 15.3. The molecule has 5 heteroatoms. The van der Waals surface area contributed by atoms with Crippen molar-refractivity contribution in [3.05, 3.63) is 59.7 Å². The molecule has 0 aliphatic carbocycles. The molecule has 1 aliphatic rings. The third-order valence-corrected chi connectivity index (χ3v) is 4.08. The number of nitrogens with zero attached hydrogens (tertiary/aromatic N) is 4. The van der Waals surface area contributed by atoms with Crippen molar-refractivity contribution in [2.75, 3.05) is 13.1 Å². The van der Waals surface area contributed by atoms with Gasteiger partial charge in [-0.15, -0.1) is 0 Å². The molecule has 0 radical (unpaired) electrons. The predicted octanol–water partition coefficient (Wildman–Crippen LogP) is 2.37. The Kier molecular flexibility index (Phi) is 4.10. The average Bonchev–Trinajstić information content (AvgIpc) is 2.62. The molecule has 0 bridgehead atoms. The van der Waals surface area contributed by atoms with Gasteiger partial charge in [-0.2, -0.15) is 5.26 Å². The van der Waals surface area contributed by atoms with Gasteiger partial charge in [0.1, 0.15) is 11.8 Å². The van der Waals surface area contributed by atoms with Gasteiger partial charge in [-0.05, 0) is 48.6 Å². The highest BCUT2D eigenvalue weighted by atomic mass is 16.2. The molecular weight excluding hydrogens is 276 g/mol. The largest absolute Gasteiger partial charge is 0.339 e. The fourth-order valence-corrected chi connectivity index (χ4v) is 2.82. The van der Waals surface area contributed by atoms with Crippen LogP contribution in [0.25, 0.3) is 0 Å². The zero-order chi connectivity index (χ0) is 15.4. The van der Waals surface area contributed by atoms with Crippen LogP contribution in [0.2, 0.25) is 0 Å². The van der Waals surface area contributed by atoms with E-state index in [4.69, 9.17) is 5.26 Å². The molecule has 1 fully saturated rings. The molecule has 0 N–H and O–H groups in total. The number of carbonyl (C=O) groups is 1. The lowest BCUT2D eigenvalue weighted by Crippen LogP contribution is -2.38. The van der Waals surface area contributed by atoms with Crippen LogP contribution in [-0.4, -0.2) is 33.9 Å². The Hall–Kier alpha value is -2.74. The van der Waals surface area contributed by atoms with Crippen molar-refractivity contribution < 1.29 is 4.79 Å². The van der Waals surface area contributed by atoms with Crippen LogP contribution in [0.1, 0.15) is 40.4 Å². The maximum atomic E-state index is 12.4. The monoisotopic (exact) mass is 292 g/mol. The molecule has 3 rings (SSSR count). The van der Waals surface area contributed by atoms with Crippen molar-refractivity contribution in [3.8, 4) is 6.07 Å². The summed E-state index contributed by atoms with van der Waals surface area (Å²) < 4.78 is 0. The summed E-state index contributed by atoms with van der Waals surface area (Å²) in [6.07, 6.45) is 7.03. The van der Waals surface area contributed by atoms with Crippen LogP contribution >= 0.6 is 0 Å². The van der Waals surface area contributed by atoms with Crippen molar-refractivity contribution >= 4 is 5.91 Å². The van der Waals surface area contributed by atoms with Gasteiger partial charge < -0.3 is 4.90 Å². The Bertz CT molecular complexity index is 683. The summed E-state index contributed by atoms with van der Waals surface area (Å²) >= 11 is 0. The van der Waals surface area contributed by atoms with E-state index in [-0.39, 0.29) is 5.91 Å². The zero-order valence-corrected chi connectivity index (χ0v) is 12.1. The predicted molar refractivity (Wildman–Crippen MR) is 81.1 cm³/mol. The summed E-state index contributed by atoms with van der Waals surface area (Å²) in [7, 11) is 0. The van der Waals surface area contributed by atoms with Crippen LogP contribution in [0.5, 0.6) is 0 Å². The SMILES string of the molecule is N#Cc1ccc(C(=O)N2CCC(c3ccncc3)CC2)cn1. The number of aromatic nitrogens is 2. The Labute approximate surface area is 129 Å². The van der Waals surface area contributed by atoms with Crippen LogP contribution in [0.15, 0.2) is 42.9 Å². The number of pyridine rings is 2. The second-order valence-electron chi connectivity index (χ2n) is 5.39. The quantitative estimate of drug-likeness (QED) is 0.852. The van der Waals surface area contributed by atoms with Crippen molar-refractivity contribution in [1.29, 1.82) is 5.26 Å². The van der Waals surface area contributed by atoms with E-state index < -0.39 is 0 Å². The molecule has 1 aliphatic heterocycles. The van der Waals surface area contributed by atoms with Crippen LogP contribution < -0.4 is 0 Å². The van der Waals surface area contributed by atoms with Crippen molar-refractivity contribution in [2.24, 2.45) is 0 Å². The van der Waals surface area contributed by atoms with Gasteiger partial charge in [0.15, 0.2) is 0 Å². The summed E-state index contributed by atoms with van der Waals surface area (Å²) in [5, 5.41) is 8.74. The van der Waals surface area contributed by atoms with E-state index >= 15 is 0 Å². The Morgan fingerprint density at radius 1 is 1.18 bits per heavy atom. The Morgan fingerprint density at radius 3 is 2.50 bits per heavy atom. The number of carbonyl (C=O) groups excluding carboxylic acids is 1. The van der Waals surface area contributed by atoms with Crippen LogP contribution in [0.3, 0.4) is 0 Å². The topological polar surface area (TPSA) is 69.9 Å². The first kappa shape index (κ1) is 14.2. The summed E-state index contributed by atoms with van der Waals surface area (Å²) in [4.78, 5) is 22.3. The van der Waals surface area contributed by atoms with E-state index in [0.717, 1.165) is 25.9 Å². The molecule has 2 aromatic rings. The molecule has 0 spiro atoms. The maximum absolute atomic E-state index is 12.4. The lowest BCUT2D eigenvalue weighted by atomic mass is 9.90. The molecule has 3 heterocycles. The number of piperidine rings is 1. The van der Waals surface area contributed by atoms with Gasteiger partial charge in [-0.1, -0.05) is 0 Å². The van der Waals surface area contributed by atoms with Crippen molar-refractivity contribution in [2.45, 2.75) is 18.8 Å². The minimum absolute atomic E-state index is 0.00910. The van der Waals surface area contributed by atoms with E-state index in [1.54, 1.807) is 12.1 Å². The van der Waals surface area contributed by atoms with Gasteiger partial charge >= 0.3 is 0 Å². The number of likely N-dealkylation sites (tertiary alicyclic amines) is 1. The Morgan fingerprint density at radius 2 is 1.91 bits per heavy atom. The number of hydrogen-bond acceptors (Lipinski definition) is 4. The highest BCUT2D eigenvalue weighted by Crippen LogP contribution is 2.28. The molecule has 22 heavy (non-hydrogen) atoms. The molecule has 0 unspecified atom stereocenters. The van der Waals surface area contributed by atoms with Gasteiger partial charge in [0.25, 0.3) is 5.91 Å². The summed E-state index contributed by atoms with van der Waals surface area (Å²) in [6, 6.07) is 9.30. The van der Waals surface area contributed by atoms with Crippen molar-refractivity contribution in [3.63, 3.8) is 0 Å². The minimum atomic E-state index is -0.00910. The molecule has 0 aromatic carbocycles. The summed E-state index contributed by atoms with van der Waals surface area (Å²) in [5.74, 6) is 0.483. The Balaban J connectivity index is 1.63. The van der Waals surface area contributed by atoms with Gasteiger partial charge in [-0.25, -0.2) is 4.98 Å². The maximum Gasteiger partial charge on any atom is 0.255 e. The summed E-state index contributed by atoms with van der Waals surface area (Å²) in [5.41, 5.74) is 2.16. The minimum Gasteiger partial charge on any atom is -0.339 e. The molecule has 110 valence electrons. The molecule has 5 nitrogen and oxygen atoms in total. The number of hydrogen-bond donors (Lipinski definition) is 0. The second-order valence-corrected chi connectivity index (χ2v) is 5.39. The van der Waals surface area contributed by atoms with E-state index in [9.17, 15) is 4.79 Å². The highest BCUT2D eigenvalue weighted by molar-refractivity contribution is 5.94. The summed E-state index contributed by atoms with van der Waals surface area (Å²) in [6.45, 7) is 1.48. The molecule has 1 saturated heterocycles. The molecule has 0 atom stereocenters. The van der Waals surface area contributed by atoms with E-state index in [2.05, 4.69) is 9.97 Å². The zero-order valence-electron chi connectivity index (χ0n) is 12.1. The standard InChI is InChI=1S/C17H16N4O/c18-11-16-2-1-15(12-20-16)17(22)21-9-5-14(6-10-21)13-3-7-19-8-4-13/h1-4,7-8,12,14H,5-6,9-10H2. The third-order valence-electron chi connectivity index (χ3n) is 4.08. The van der Waals surface area contributed by atoms with Gasteiger partial charge in [0.05, 0.1) is 5.56 Å². The van der Waals surface area contributed by atoms with Gasteiger partial charge in [-0.3, -0.25) is 9.78 Å². The van der Waals surface area contributed by atoms with Crippen LogP contribution in [-0.2, 0) is 0 Å². The molecular formula is C17H16N4O.